The van der Waals surface area contributed by atoms with Gasteiger partial charge in [-0.15, -0.1) is 11.8 Å². The number of hydrogen-bond acceptors (Lipinski definition) is 3. The Morgan fingerprint density at radius 3 is 2.68 bits per heavy atom. The van der Waals surface area contributed by atoms with Gasteiger partial charge in [0.1, 0.15) is 0 Å². The van der Waals surface area contributed by atoms with Gasteiger partial charge in [0.05, 0.1) is 11.4 Å². The number of fused-ring (bicyclic) bond motifs is 1. The van der Waals surface area contributed by atoms with E-state index < -0.39 is 0 Å². The molecule has 1 aliphatic heterocycles. The zero-order valence-electron chi connectivity index (χ0n) is 14.1. The van der Waals surface area contributed by atoms with Crippen molar-refractivity contribution < 1.29 is 9.59 Å². The SMILES string of the molecule is CC(C)(CNC(=O)c1ccc2c(c1)NC(=O)CS2)c1ccc(Cl)cc1. The number of carbonyl (C=O) groups is 2. The second-order valence-corrected chi connectivity index (χ2v) is 8.07. The molecule has 4 nitrogen and oxygen atoms in total. The van der Waals surface area contributed by atoms with Gasteiger partial charge in [-0.2, -0.15) is 0 Å². The van der Waals surface area contributed by atoms with E-state index in [1.54, 1.807) is 12.1 Å². The largest absolute Gasteiger partial charge is 0.351 e. The van der Waals surface area contributed by atoms with Crippen LogP contribution in [0.4, 0.5) is 5.69 Å². The van der Waals surface area contributed by atoms with Crippen molar-refractivity contribution in [2.24, 2.45) is 0 Å². The maximum absolute atomic E-state index is 12.5. The van der Waals surface area contributed by atoms with E-state index in [4.69, 9.17) is 11.6 Å². The van der Waals surface area contributed by atoms with Crippen LogP contribution >= 0.6 is 23.4 Å². The Balaban J connectivity index is 1.69. The first-order valence-electron chi connectivity index (χ1n) is 7.96. The van der Waals surface area contributed by atoms with E-state index in [0.29, 0.717) is 28.6 Å². The highest BCUT2D eigenvalue weighted by Crippen LogP contribution is 2.32. The number of nitrogens with one attached hydrogen (secondary N) is 2. The predicted octanol–water partition coefficient (Wildman–Crippen LogP) is 4.09. The summed E-state index contributed by atoms with van der Waals surface area (Å²) >= 11 is 7.41. The van der Waals surface area contributed by atoms with Gasteiger partial charge in [0.2, 0.25) is 5.91 Å². The Morgan fingerprint density at radius 1 is 1.24 bits per heavy atom. The number of amides is 2. The summed E-state index contributed by atoms with van der Waals surface area (Å²) in [5.74, 6) is 0.210. The molecule has 0 aliphatic carbocycles. The van der Waals surface area contributed by atoms with Crippen molar-refractivity contribution in [3.8, 4) is 0 Å². The summed E-state index contributed by atoms with van der Waals surface area (Å²) in [5.41, 5.74) is 2.11. The Morgan fingerprint density at radius 2 is 1.96 bits per heavy atom. The van der Waals surface area contributed by atoms with Crippen LogP contribution in [0.15, 0.2) is 47.4 Å². The van der Waals surface area contributed by atoms with E-state index in [9.17, 15) is 9.59 Å². The molecule has 1 heterocycles. The third-order valence-electron chi connectivity index (χ3n) is 4.19. The number of benzene rings is 2. The summed E-state index contributed by atoms with van der Waals surface area (Å²) in [4.78, 5) is 25.0. The summed E-state index contributed by atoms with van der Waals surface area (Å²) in [6.07, 6.45) is 0. The molecular formula is C19H19ClN2O2S. The lowest BCUT2D eigenvalue weighted by Gasteiger charge is -2.26. The molecular weight excluding hydrogens is 356 g/mol. The quantitative estimate of drug-likeness (QED) is 0.847. The molecule has 1 aliphatic rings. The van der Waals surface area contributed by atoms with Crippen LogP contribution in [0.1, 0.15) is 29.8 Å². The first-order chi connectivity index (χ1) is 11.8. The highest BCUT2D eigenvalue weighted by atomic mass is 35.5. The van der Waals surface area contributed by atoms with E-state index in [2.05, 4.69) is 24.5 Å². The topological polar surface area (TPSA) is 58.2 Å². The van der Waals surface area contributed by atoms with Crippen molar-refractivity contribution >= 4 is 40.9 Å². The fourth-order valence-electron chi connectivity index (χ4n) is 2.63. The van der Waals surface area contributed by atoms with Crippen molar-refractivity contribution in [3.05, 3.63) is 58.6 Å². The number of carbonyl (C=O) groups excluding carboxylic acids is 2. The van der Waals surface area contributed by atoms with E-state index in [1.807, 2.05) is 30.3 Å². The van der Waals surface area contributed by atoms with Crippen molar-refractivity contribution in [2.75, 3.05) is 17.6 Å². The summed E-state index contributed by atoms with van der Waals surface area (Å²) in [6, 6.07) is 13.0. The molecule has 3 rings (SSSR count). The Bertz CT molecular complexity index is 819. The summed E-state index contributed by atoms with van der Waals surface area (Å²) < 4.78 is 0. The molecule has 0 fully saturated rings. The van der Waals surface area contributed by atoms with Crippen LogP contribution in [0.5, 0.6) is 0 Å². The summed E-state index contributed by atoms with van der Waals surface area (Å²) in [7, 11) is 0. The van der Waals surface area contributed by atoms with Crippen molar-refractivity contribution in [2.45, 2.75) is 24.2 Å². The van der Waals surface area contributed by atoms with Crippen LogP contribution < -0.4 is 10.6 Å². The number of hydrogen-bond donors (Lipinski definition) is 2. The molecule has 2 N–H and O–H groups in total. The first-order valence-corrected chi connectivity index (χ1v) is 9.32. The minimum absolute atomic E-state index is 0.0427. The predicted molar refractivity (Wildman–Crippen MR) is 103 cm³/mol. The Hall–Kier alpha value is -1.98. The van der Waals surface area contributed by atoms with Crippen molar-refractivity contribution in [1.29, 1.82) is 0 Å². The Labute approximate surface area is 156 Å². The van der Waals surface area contributed by atoms with Gasteiger partial charge in [-0.1, -0.05) is 37.6 Å². The van der Waals surface area contributed by atoms with Gasteiger partial charge in [0, 0.05) is 27.4 Å². The monoisotopic (exact) mass is 374 g/mol. The lowest BCUT2D eigenvalue weighted by molar-refractivity contribution is -0.113. The molecule has 0 radical (unpaired) electrons. The zero-order valence-corrected chi connectivity index (χ0v) is 15.6. The van der Waals surface area contributed by atoms with Gasteiger partial charge in [-0.25, -0.2) is 0 Å². The molecule has 2 amide bonds. The standard InChI is InChI=1S/C19H19ClN2O2S/c1-19(2,13-4-6-14(20)7-5-13)11-21-18(24)12-3-8-16-15(9-12)22-17(23)10-25-16/h3-9H,10-11H2,1-2H3,(H,21,24)(H,22,23). The molecule has 6 heteroatoms. The van der Waals surface area contributed by atoms with Crippen molar-refractivity contribution in [1.82, 2.24) is 5.32 Å². The van der Waals surface area contributed by atoms with Gasteiger partial charge >= 0.3 is 0 Å². The maximum Gasteiger partial charge on any atom is 0.251 e. The van der Waals surface area contributed by atoms with Gasteiger partial charge in [-0.05, 0) is 35.9 Å². The Kier molecular flexibility index (Phi) is 5.06. The molecule has 0 spiro atoms. The molecule has 25 heavy (non-hydrogen) atoms. The lowest BCUT2D eigenvalue weighted by atomic mass is 9.84. The number of anilines is 1. The second kappa shape index (κ2) is 7.10. The summed E-state index contributed by atoms with van der Waals surface area (Å²) in [5, 5.41) is 6.48. The number of rotatable bonds is 4. The van der Waals surface area contributed by atoms with Crippen LogP contribution in [0.2, 0.25) is 5.02 Å². The molecule has 0 atom stereocenters. The number of halogens is 1. The van der Waals surface area contributed by atoms with Crippen LogP contribution in [0, 0.1) is 0 Å². The third-order valence-corrected chi connectivity index (χ3v) is 5.52. The molecule has 130 valence electrons. The van der Waals surface area contributed by atoms with Crippen LogP contribution in [0.3, 0.4) is 0 Å². The van der Waals surface area contributed by atoms with E-state index in [1.165, 1.54) is 11.8 Å². The average molecular weight is 375 g/mol. The zero-order chi connectivity index (χ0) is 18.0. The third kappa shape index (κ3) is 4.17. The fraction of sp³-hybridized carbons (Fsp3) is 0.263. The van der Waals surface area contributed by atoms with Gasteiger partial charge in [0.15, 0.2) is 0 Å². The van der Waals surface area contributed by atoms with E-state index in [0.717, 1.165) is 10.5 Å². The van der Waals surface area contributed by atoms with E-state index >= 15 is 0 Å². The lowest BCUT2D eigenvalue weighted by Crippen LogP contribution is -2.36. The minimum Gasteiger partial charge on any atom is -0.351 e. The van der Waals surface area contributed by atoms with Crippen LogP contribution in [0.25, 0.3) is 0 Å². The van der Waals surface area contributed by atoms with Crippen LogP contribution in [-0.2, 0) is 10.2 Å². The molecule has 0 unspecified atom stereocenters. The van der Waals surface area contributed by atoms with Gasteiger partial charge in [-0.3, -0.25) is 9.59 Å². The molecule has 0 bridgehead atoms. The maximum atomic E-state index is 12.5. The normalized spacial score (nSPS) is 13.8. The van der Waals surface area contributed by atoms with Gasteiger partial charge in [0.25, 0.3) is 5.91 Å². The highest BCUT2D eigenvalue weighted by Gasteiger charge is 2.22. The second-order valence-electron chi connectivity index (χ2n) is 6.62. The molecule has 2 aromatic carbocycles. The molecule has 2 aromatic rings. The highest BCUT2D eigenvalue weighted by molar-refractivity contribution is 8.00. The average Bonchev–Trinajstić information content (AvgIpc) is 2.59. The summed E-state index contributed by atoms with van der Waals surface area (Å²) in [6.45, 7) is 4.63. The van der Waals surface area contributed by atoms with E-state index in [-0.39, 0.29) is 17.2 Å². The van der Waals surface area contributed by atoms with Crippen LogP contribution in [-0.4, -0.2) is 24.1 Å². The van der Waals surface area contributed by atoms with Crippen molar-refractivity contribution in [3.63, 3.8) is 0 Å². The molecule has 0 saturated carbocycles. The smallest absolute Gasteiger partial charge is 0.251 e. The molecule has 0 aromatic heterocycles. The minimum atomic E-state index is -0.224. The molecule has 0 saturated heterocycles. The fourth-order valence-corrected chi connectivity index (χ4v) is 3.55. The van der Waals surface area contributed by atoms with Gasteiger partial charge < -0.3 is 10.6 Å². The number of thioether (sulfide) groups is 1. The first kappa shape index (κ1) is 17.8.